The molecule has 1 fully saturated rings. The lowest BCUT2D eigenvalue weighted by Crippen LogP contribution is -2.45. The second-order valence-corrected chi connectivity index (χ2v) is 9.01. The smallest absolute Gasteiger partial charge is 0.325 e. The zero-order chi connectivity index (χ0) is 21.9. The summed E-state index contributed by atoms with van der Waals surface area (Å²) in [4.78, 5) is 38.7. The third-order valence-corrected chi connectivity index (χ3v) is 5.44. The summed E-state index contributed by atoms with van der Waals surface area (Å²) in [7, 11) is 0. The normalized spacial score (nSPS) is 19.0. The van der Waals surface area contributed by atoms with Crippen molar-refractivity contribution in [1.82, 2.24) is 10.2 Å². The van der Waals surface area contributed by atoms with Crippen molar-refractivity contribution in [3.8, 4) is 0 Å². The van der Waals surface area contributed by atoms with Gasteiger partial charge < -0.3 is 10.6 Å². The molecule has 6 heteroatoms. The molecular formula is C24H29N3O3. The Bertz CT molecular complexity index is 932. The third-order valence-electron chi connectivity index (χ3n) is 5.44. The van der Waals surface area contributed by atoms with Gasteiger partial charge in [0.25, 0.3) is 5.91 Å². The van der Waals surface area contributed by atoms with Gasteiger partial charge in [-0.15, -0.1) is 0 Å². The minimum Gasteiger partial charge on any atom is -0.325 e. The highest BCUT2D eigenvalue weighted by atomic mass is 16.2. The van der Waals surface area contributed by atoms with Gasteiger partial charge in [0.1, 0.15) is 12.1 Å². The van der Waals surface area contributed by atoms with Crippen LogP contribution in [0.3, 0.4) is 0 Å². The maximum atomic E-state index is 12.9. The Morgan fingerprint density at radius 3 is 2.27 bits per heavy atom. The monoisotopic (exact) mass is 407 g/mol. The number of benzene rings is 2. The number of imide groups is 1. The van der Waals surface area contributed by atoms with Gasteiger partial charge in [-0.05, 0) is 48.4 Å². The van der Waals surface area contributed by atoms with Crippen LogP contribution in [0.2, 0.25) is 0 Å². The third kappa shape index (κ3) is 4.87. The van der Waals surface area contributed by atoms with Crippen LogP contribution in [0, 0.1) is 0 Å². The fraction of sp³-hybridized carbons (Fsp3) is 0.375. The van der Waals surface area contributed by atoms with E-state index in [1.165, 1.54) is 0 Å². The Hall–Kier alpha value is -3.15. The van der Waals surface area contributed by atoms with E-state index in [4.69, 9.17) is 0 Å². The van der Waals surface area contributed by atoms with Crippen molar-refractivity contribution in [2.24, 2.45) is 0 Å². The van der Waals surface area contributed by atoms with Crippen molar-refractivity contribution in [3.63, 3.8) is 0 Å². The van der Waals surface area contributed by atoms with E-state index in [1.807, 2.05) is 54.6 Å². The Morgan fingerprint density at radius 2 is 1.67 bits per heavy atom. The van der Waals surface area contributed by atoms with Crippen LogP contribution < -0.4 is 10.6 Å². The average molecular weight is 408 g/mol. The molecule has 2 N–H and O–H groups in total. The highest BCUT2D eigenvalue weighted by Crippen LogP contribution is 2.25. The Labute approximate surface area is 177 Å². The predicted molar refractivity (Wildman–Crippen MR) is 117 cm³/mol. The van der Waals surface area contributed by atoms with E-state index in [0.29, 0.717) is 18.5 Å². The SMILES string of the molecule is CC1(CCc2ccccc2)NC(=O)N(CC(=O)Nc2ccc(C(C)(C)C)cc2)C1=O. The zero-order valence-corrected chi connectivity index (χ0v) is 18.0. The molecule has 1 saturated heterocycles. The number of carbonyl (C=O) groups excluding carboxylic acids is 3. The second kappa shape index (κ2) is 8.30. The molecule has 2 aromatic carbocycles. The second-order valence-electron chi connectivity index (χ2n) is 9.01. The molecule has 1 aliphatic heterocycles. The van der Waals surface area contributed by atoms with Crippen LogP contribution in [0.15, 0.2) is 54.6 Å². The van der Waals surface area contributed by atoms with E-state index in [2.05, 4.69) is 31.4 Å². The largest absolute Gasteiger partial charge is 0.325 e. The van der Waals surface area contributed by atoms with E-state index in [0.717, 1.165) is 16.0 Å². The van der Waals surface area contributed by atoms with Crippen molar-refractivity contribution < 1.29 is 14.4 Å². The van der Waals surface area contributed by atoms with Gasteiger partial charge in [-0.3, -0.25) is 14.5 Å². The van der Waals surface area contributed by atoms with Crippen LogP contribution in [0.4, 0.5) is 10.5 Å². The molecule has 1 aliphatic rings. The molecule has 2 aromatic rings. The summed E-state index contributed by atoms with van der Waals surface area (Å²) in [6.45, 7) is 7.75. The first-order valence-electron chi connectivity index (χ1n) is 10.2. The number of nitrogens with zero attached hydrogens (tertiary/aromatic N) is 1. The number of carbonyl (C=O) groups is 3. The number of nitrogens with one attached hydrogen (secondary N) is 2. The number of urea groups is 1. The summed E-state index contributed by atoms with van der Waals surface area (Å²) in [5.74, 6) is -0.782. The summed E-state index contributed by atoms with van der Waals surface area (Å²) in [5.41, 5.74) is 1.89. The summed E-state index contributed by atoms with van der Waals surface area (Å²) < 4.78 is 0. The first kappa shape index (κ1) is 21.6. The van der Waals surface area contributed by atoms with Crippen LogP contribution in [-0.2, 0) is 21.4 Å². The van der Waals surface area contributed by atoms with E-state index < -0.39 is 17.5 Å². The molecule has 1 unspecified atom stereocenters. The van der Waals surface area contributed by atoms with Gasteiger partial charge in [0.2, 0.25) is 5.91 Å². The van der Waals surface area contributed by atoms with Crippen molar-refractivity contribution >= 4 is 23.5 Å². The number of rotatable bonds is 6. The maximum absolute atomic E-state index is 12.9. The Morgan fingerprint density at radius 1 is 1.03 bits per heavy atom. The predicted octanol–water partition coefficient (Wildman–Crippen LogP) is 3.87. The average Bonchev–Trinajstić information content (AvgIpc) is 2.90. The molecular weight excluding hydrogens is 378 g/mol. The fourth-order valence-electron chi connectivity index (χ4n) is 3.50. The minimum atomic E-state index is -1.01. The molecule has 0 bridgehead atoms. The van der Waals surface area contributed by atoms with Gasteiger partial charge >= 0.3 is 6.03 Å². The molecule has 3 rings (SSSR count). The van der Waals surface area contributed by atoms with Crippen molar-refractivity contribution in [2.75, 3.05) is 11.9 Å². The lowest BCUT2D eigenvalue weighted by atomic mass is 9.87. The van der Waals surface area contributed by atoms with Crippen molar-refractivity contribution in [3.05, 3.63) is 65.7 Å². The van der Waals surface area contributed by atoms with E-state index >= 15 is 0 Å². The minimum absolute atomic E-state index is 0.0206. The molecule has 158 valence electrons. The highest BCUT2D eigenvalue weighted by Gasteiger charge is 2.47. The molecule has 1 heterocycles. The number of anilines is 1. The number of aryl methyl sites for hydroxylation is 1. The number of hydrogen-bond acceptors (Lipinski definition) is 3. The van der Waals surface area contributed by atoms with Crippen LogP contribution in [-0.4, -0.2) is 34.8 Å². The zero-order valence-electron chi connectivity index (χ0n) is 18.0. The Balaban J connectivity index is 1.60. The first-order chi connectivity index (χ1) is 14.1. The summed E-state index contributed by atoms with van der Waals surface area (Å²) >= 11 is 0. The Kier molecular flexibility index (Phi) is 5.97. The molecule has 30 heavy (non-hydrogen) atoms. The molecule has 0 spiro atoms. The highest BCUT2D eigenvalue weighted by molar-refractivity contribution is 6.09. The first-order valence-corrected chi connectivity index (χ1v) is 10.2. The van der Waals surface area contributed by atoms with Gasteiger partial charge in [-0.25, -0.2) is 4.79 Å². The summed E-state index contributed by atoms with van der Waals surface area (Å²) in [6, 6.07) is 16.8. The standard InChI is InChI=1S/C24H29N3O3/c1-23(2,3)18-10-12-19(13-11-18)25-20(28)16-27-21(29)24(4,26-22(27)30)15-14-17-8-6-5-7-9-17/h5-13H,14-16H2,1-4H3,(H,25,28)(H,26,30). The van der Waals surface area contributed by atoms with Crippen LogP contribution in [0.25, 0.3) is 0 Å². The van der Waals surface area contributed by atoms with Crippen LogP contribution >= 0.6 is 0 Å². The van der Waals surface area contributed by atoms with E-state index in [9.17, 15) is 14.4 Å². The molecule has 0 aromatic heterocycles. The molecule has 0 aliphatic carbocycles. The van der Waals surface area contributed by atoms with E-state index in [1.54, 1.807) is 6.92 Å². The van der Waals surface area contributed by atoms with Crippen molar-refractivity contribution in [1.29, 1.82) is 0 Å². The van der Waals surface area contributed by atoms with E-state index in [-0.39, 0.29) is 17.9 Å². The molecule has 0 saturated carbocycles. The van der Waals surface area contributed by atoms with Crippen molar-refractivity contribution in [2.45, 2.75) is 51.5 Å². The van der Waals surface area contributed by atoms with Gasteiger partial charge in [0, 0.05) is 5.69 Å². The van der Waals surface area contributed by atoms with Gasteiger partial charge in [0.05, 0.1) is 0 Å². The van der Waals surface area contributed by atoms with Crippen LogP contribution in [0.1, 0.15) is 45.2 Å². The number of hydrogen-bond donors (Lipinski definition) is 2. The lowest BCUT2D eigenvalue weighted by Gasteiger charge is -2.21. The quantitative estimate of drug-likeness (QED) is 0.714. The molecule has 4 amide bonds. The van der Waals surface area contributed by atoms with Gasteiger partial charge in [0.15, 0.2) is 0 Å². The molecule has 6 nitrogen and oxygen atoms in total. The van der Waals surface area contributed by atoms with Crippen LogP contribution in [0.5, 0.6) is 0 Å². The maximum Gasteiger partial charge on any atom is 0.325 e. The number of amides is 4. The lowest BCUT2D eigenvalue weighted by molar-refractivity contribution is -0.133. The molecule has 1 atom stereocenters. The summed E-state index contributed by atoms with van der Waals surface area (Å²) in [6.07, 6.45) is 1.12. The molecule has 0 radical (unpaired) electrons. The van der Waals surface area contributed by atoms with Gasteiger partial charge in [-0.2, -0.15) is 0 Å². The summed E-state index contributed by atoms with van der Waals surface area (Å²) in [5, 5.41) is 5.51. The van der Waals surface area contributed by atoms with Gasteiger partial charge in [-0.1, -0.05) is 63.2 Å². The fourth-order valence-corrected chi connectivity index (χ4v) is 3.50. The topological polar surface area (TPSA) is 78.5 Å².